The van der Waals surface area contributed by atoms with E-state index in [0.29, 0.717) is 38.5 Å². The normalized spacial score (nSPS) is 16.1. The van der Waals surface area contributed by atoms with E-state index >= 15 is 0 Å². The number of ether oxygens (including phenoxy) is 1. The van der Waals surface area contributed by atoms with E-state index in [0.717, 1.165) is 5.56 Å². The molecule has 0 aliphatic carbocycles. The largest absolute Gasteiger partial charge is 0.383 e. The molecule has 3 rings (SSSR count). The number of amides is 3. The molecule has 1 aliphatic rings. The summed E-state index contributed by atoms with van der Waals surface area (Å²) in [6.07, 6.45) is 1.86. The van der Waals surface area contributed by atoms with Crippen LogP contribution in [0.4, 0.5) is 9.18 Å². The summed E-state index contributed by atoms with van der Waals surface area (Å²) in [5.41, 5.74) is 1.45. The number of rotatable bonds is 7. The summed E-state index contributed by atoms with van der Waals surface area (Å²) in [6.45, 7) is 2.12. The minimum Gasteiger partial charge on any atom is -0.383 e. The monoisotopic (exact) mass is 374 g/mol. The minimum atomic E-state index is -0.336. The first-order valence-corrected chi connectivity index (χ1v) is 8.79. The van der Waals surface area contributed by atoms with Gasteiger partial charge in [0.05, 0.1) is 12.6 Å². The van der Waals surface area contributed by atoms with Gasteiger partial charge in [0, 0.05) is 39.5 Å². The minimum absolute atomic E-state index is 0.0678. The Kier molecular flexibility index (Phi) is 6.08. The molecule has 1 aliphatic heterocycles. The van der Waals surface area contributed by atoms with Crippen LogP contribution >= 0.6 is 0 Å². The van der Waals surface area contributed by atoms with E-state index in [2.05, 4.69) is 10.6 Å². The van der Waals surface area contributed by atoms with Gasteiger partial charge in [-0.05, 0) is 29.8 Å². The van der Waals surface area contributed by atoms with Crippen molar-refractivity contribution >= 4 is 11.9 Å². The Hall–Kier alpha value is -2.87. The van der Waals surface area contributed by atoms with Crippen molar-refractivity contribution in [3.05, 3.63) is 59.7 Å². The molecule has 2 N–H and O–H groups in total. The molecule has 0 spiro atoms. The average molecular weight is 374 g/mol. The number of fused-ring (bicyclic) bond motifs is 1. The maximum Gasteiger partial charge on any atom is 0.315 e. The molecular weight excluding hydrogens is 351 g/mol. The second-order valence-corrected chi connectivity index (χ2v) is 6.38. The van der Waals surface area contributed by atoms with Crippen molar-refractivity contribution in [1.29, 1.82) is 0 Å². The molecule has 0 saturated carbocycles. The number of hydrogen-bond acceptors (Lipinski definition) is 3. The summed E-state index contributed by atoms with van der Waals surface area (Å²) >= 11 is 0. The predicted octanol–water partition coefficient (Wildman–Crippen LogP) is 1.60. The van der Waals surface area contributed by atoms with Crippen LogP contribution in [0.1, 0.15) is 16.1 Å². The fraction of sp³-hybridized carbons (Fsp3) is 0.368. The zero-order chi connectivity index (χ0) is 19.2. The number of halogens is 1. The van der Waals surface area contributed by atoms with Crippen LogP contribution in [0.2, 0.25) is 0 Å². The number of hydrogen-bond donors (Lipinski definition) is 2. The number of urea groups is 1. The van der Waals surface area contributed by atoms with Gasteiger partial charge in [-0.15, -0.1) is 0 Å². The van der Waals surface area contributed by atoms with E-state index in [4.69, 9.17) is 4.74 Å². The highest BCUT2D eigenvalue weighted by molar-refractivity contribution is 5.93. The lowest BCUT2D eigenvalue weighted by atomic mass is 10.1. The second-order valence-electron chi connectivity index (χ2n) is 6.38. The van der Waals surface area contributed by atoms with Gasteiger partial charge in [-0.25, -0.2) is 9.18 Å². The van der Waals surface area contributed by atoms with Crippen LogP contribution in [-0.4, -0.2) is 54.3 Å². The smallest absolute Gasteiger partial charge is 0.315 e. The maximum absolute atomic E-state index is 12.9. The highest BCUT2D eigenvalue weighted by Crippen LogP contribution is 2.18. The summed E-state index contributed by atoms with van der Waals surface area (Å²) in [6, 6.07) is 9.08. The zero-order valence-electron chi connectivity index (χ0n) is 15.2. The molecule has 0 fully saturated rings. The van der Waals surface area contributed by atoms with E-state index in [1.807, 2.05) is 16.8 Å². The van der Waals surface area contributed by atoms with Crippen molar-refractivity contribution in [3.63, 3.8) is 0 Å². The summed E-state index contributed by atoms with van der Waals surface area (Å²) in [5.74, 6) is -0.382. The number of nitrogens with one attached hydrogen (secondary N) is 2. The van der Waals surface area contributed by atoms with E-state index in [1.54, 1.807) is 30.2 Å². The van der Waals surface area contributed by atoms with Crippen molar-refractivity contribution in [1.82, 2.24) is 20.1 Å². The number of methoxy groups -OCH3 is 1. The molecule has 0 saturated heterocycles. The number of carbonyl (C=O) groups is 2. The Morgan fingerprint density at radius 1 is 1.26 bits per heavy atom. The molecule has 8 heteroatoms. The standard InChI is InChI=1S/C19H23FN4O3/c1-27-10-9-24-16(13-23-8-2-3-17(23)18(24)25)12-22-19(26)21-11-14-4-6-15(20)7-5-14/h2-8,16H,9-13H2,1H3,(H2,21,22,26). The first kappa shape index (κ1) is 18.9. The van der Waals surface area contributed by atoms with Crippen LogP contribution in [0.5, 0.6) is 0 Å². The third kappa shape index (κ3) is 4.65. The molecule has 1 aromatic heterocycles. The van der Waals surface area contributed by atoms with Gasteiger partial charge < -0.3 is 24.8 Å². The number of carbonyl (C=O) groups excluding carboxylic acids is 2. The average Bonchev–Trinajstić information content (AvgIpc) is 3.14. The molecule has 0 radical (unpaired) electrons. The van der Waals surface area contributed by atoms with Crippen molar-refractivity contribution in [2.24, 2.45) is 0 Å². The van der Waals surface area contributed by atoms with Crippen molar-refractivity contribution < 1.29 is 18.7 Å². The first-order chi connectivity index (χ1) is 13.1. The predicted molar refractivity (Wildman–Crippen MR) is 97.8 cm³/mol. The van der Waals surface area contributed by atoms with Crippen molar-refractivity contribution in [3.8, 4) is 0 Å². The van der Waals surface area contributed by atoms with Gasteiger partial charge in [0.1, 0.15) is 11.5 Å². The van der Waals surface area contributed by atoms with Gasteiger partial charge in [0.15, 0.2) is 0 Å². The number of aromatic nitrogens is 1. The van der Waals surface area contributed by atoms with Gasteiger partial charge in [0.2, 0.25) is 0 Å². The lowest BCUT2D eigenvalue weighted by Crippen LogP contribution is -2.54. The van der Waals surface area contributed by atoms with Crippen molar-refractivity contribution in [2.75, 3.05) is 26.8 Å². The fourth-order valence-corrected chi connectivity index (χ4v) is 3.11. The Morgan fingerprint density at radius 2 is 2.04 bits per heavy atom. The van der Waals surface area contributed by atoms with Crippen LogP contribution < -0.4 is 10.6 Å². The molecule has 0 bridgehead atoms. The molecule has 2 heterocycles. The van der Waals surface area contributed by atoms with Crippen LogP contribution in [0.25, 0.3) is 0 Å². The second kappa shape index (κ2) is 8.68. The SMILES string of the molecule is COCCN1C(=O)c2cccn2CC1CNC(=O)NCc1ccc(F)cc1. The van der Waals surface area contributed by atoms with E-state index < -0.39 is 0 Å². The molecule has 3 amide bonds. The molecule has 27 heavy (non-hydrogen) atoms. The molecule has 1 unspecified atom stereocenters. The Bertz CT molecular complexity index is 791. The molecule has 1 atom stereocenters. The number of nitrogens with zero attached hydrogens (tertiary/aromatic N) is 2. The topological polar surface area (TPSA) is 75.6 Å². The van der Waals surface area contributed by atoms with Gasteiger partial charge >= 0.3 is 6.03 Å². The third-order valence-electron chi connectivity index (χ3n) is 4.56. The van der Waals surface area contributed by atoms with Gasteiger partial charge in [0.25, 0.3) is 5.91 Å². The van der Waals surface area contributed by atoms with Crippen LogP contribution in [0.3, 0.4) is 0 Å². The third-order valence-corrected chi connectivity index (χ3v) is 4.56. The van der Waals surface area contributed by atoms with E-state index in [1.165, 1.54) is 12.1 Å². The summed E-state index contributed by atoms with van der Waals surface area (Å²) in [4.78, 5) is 26.5. The fourth-order valence-electron chi connectivity index (χ4n) is 3.11. The zero-order valence-corrected chi connectivity index (χ0v) is 15.2. The van der Waals surface area contributed by atoms with Gasteiger partial charge in [-0.1, -0.05) is 12.1 Å². The molecule has 2 aromatic rings. The Balaban J connectivity index is 1.55. The summed E-state index contributed by atoms with van der Waals surface area (Å²) in [5, 5.41) is 5.55. The summed E-state index contributed by atoms with van der Waals surface area (Å²) in [7, 11) is 1.59. The van der Waals surface area contributed by atoms with E-state index in [-0.39, 0.29) is 23.8 Å². The number of benzene rings is 1. The van der Waals surface area contributed by atoms with Crippen LogP contribution in [0.15, 0.2) is 42.6 Å². The van der Waals surface area contributed by atoms with Crippen LogP contribution in [0, 0.1) is 5.82 Å². The maximum atomic E-state index is 12.9. The first-order valence-electron chi connectivity index (χ1n) is 8.79. The lowest BCUT2D eigenvalue weighted by Gasteiger charge is -2.36. The Morgan fingerprint density at radius 3 is 2.78 bits per heavy atom. The van der Waals surface area contributed by atoms with Crippen molar-refractivity contribution in [2.45, 2.75) is 19.1 Å². The highest BCUT2D eigenvalue weighted by Gasteiger charge is 2.31. The molecule has 144 valence electrons. The molecule has 1 aromatic carbocycles. The van der Waals surface area contributed by atoms with E-state index in [9.17, 15) is 14.0 Å². The summed E-state index contributed by atoms with van der Waals surface area (Å²) < 4.78 is 19.9. The van der Waals surface area contributed by atoms with Gasteiger partial charge in [-0.3, -0.25) is 4.79 Å². The highest BCUT2D eigenvalue weighted by atomic mass is 19.1. The van der Waals surface area contributed by atoms with Crippen LogP contribution in [-0.2, 0) is 17.8 Å². The molecular formula is C19H23FN4O3. The Labute approximate surface area is 157 Å². The van der Waals surface area contributed by atoms with Gasteiger partial charge in [-0.2, -0.15) is 0 Å². The molecule has 7 nitrogen and oxygen atoms in total. The quantitative estimate of drug-likeness (QED) is 0.773. The lowest BCUT2D eigenvalue weighted by molar-refractivity contribution is 0.0513.